The summed E-state index contributed by atoms with van der Waals surface area (Å²) in [5.41, 5.74) is 2.71. The molecule has 1 aromatic heterocycles. The minimum Gasteiger partial charge on any atom is -0.309 e. The van der Waals surface area contributed by atoms with E-state index < -0.39 is 0 Å². The summed E-state index contributed by atoms with van der Waals surface area (Å²) < 4.78 is 0. The van der Waals surface area contributed by atoms with E-state index in [0.29, 0.717) is 16.5 Å². The van der Waals surface area contributed by atoms with Gasteiger partial charge in [-0.2, -0.15) is 23.5 Å². The summed E-state index contributed by atoms with van der Waals surface area (Å²) in [6.45, 7) is 7.74. The van der Waals surface area contributed by atoms with Crippen LogP contribution in [-0.2, 0) is 0 Å². The Morgan fingerprint density at radius 2 is 2.22 bits per heavy atom. The molecule has 1 aliphatic rings. The van der Waals surface area contributed by atoms with Crippen LogP contribution in [0.2, 0.25) is 0 Å². The standard InChI is InChI=1S/C14H22N2S2/c1-4-16-13(12-9-15-6-5-10(12)2)14-11(3)17-7-8-18-14/h5-6,9,11,13-14,16H,4,7-8H2,1-3H3. The van der Waals surface area contributed by atoms with Crippen molar-refractivity contribution in [1.82, 2.24) is 10.3 Å². The Balaban J connectivity index is 2.24. The lowest BCUT2D eigenvalue weighted by molar-refractivity contribution is 0.522. The molecule has 1 aromatic rings. The quantitative estimate of drug-likeness (QED) is 0.916. The third-order valence-corrected chi connectivity index (χ3v) is 6.60. The van der Waals surface area contributed by atoms with Crippen molar-refractivity contribution in [3.05, 3.63) is 29.6 Å². The molecule has 0 saturated carbocycles. The first-order chi connectivity index (χ1) is 8.74. The second-order valence-corrected chi connectivity index (χ2v) is 7.45. The molecule has 100 valence electrons. The molecule has 0 amide bonds. The van der Waals surface area contributed by atoms with E-state index in [0.717, 1.165) is 6.54 Å². The highest BCUT2D eigenvalue weighted by atomic mass is 32.2. The molecule has 2 heterocycles. The highest BCUT2D eigenvalue weighted by Crippen LogP contribution is 2.39. The fraction of sp³-hybridized carbons (Fsp3) is 0.643. The van der Waals surface area contributed by atoms with E-state index in [4.69, 9.17) is 0 Å². The van der Waals surface area contributed by atoms with Crippen molar-refractivity contribution in [2.75, 3.05) is 18.1 Å². The molecule has 0 aliphatic carbocycles. The Labute approximate surface area is 119 Å². The number of pyridine rings is 1. The minimum absolute atomic E-state index is 0.427. The zero-order chi connectivity index (χ0) is 13.0. The summed E-state index contributed by atoms with van der Waals surface area (Å²) in [4.78, 5) is 4.31. The van der Waals surface area contributed by atoms with Crippen LogP contribution in [0.25, 0.3) is 0 Å². The fourth-order valence-corrected chi connectivity index (χ4v) is 5.38. The zero-order valence-electron chi connectivity index (χ0n) is 11.3. The number of hydrogen-bond donors (Lipinski definition) is 1. The van der Waals surface area contributed by atoms with Crippen molar-refractivity contribution in [3.63, 3.8) is 0 Å². The van der Waals surface area contributed by atoms with Crippen LogP contribution in [0, 0.1) is 6.92 Å². The average molecular weight is 282 g/mol. The molecule has 0 aromatic carbocycles. The predicted octanol–water partition coefficient (Wildman–Crippen LogP) is 3.28. The maximum absolute atomic E-state index is 4.31. The van der Waals surface area contributed by atoms with E-state index >= 15 is 0 Å². The maximum Gasteiger partial charge on any atom is 0.0469 e. The molecule has 2 rings (SSSR count). The zero-order valence-corrected chi connectivity index (χ0v) is 13.0. The van der Waals surface area contributed by atoms with Crippen LogP contribution in [0.4, 0.5) is 0 Å². The molecule has 2 nitrogen and oxygen atoms in total. The predicted molar refractivity (Wildman–Crippen MR) is 83.6 cm³/mol. The highest BCUT2D eigenvalue weighted by molar-refractivity contribution is 8.07. The summed E-state index contributed by atoms with van der Waals surface area (Å²) in [7, 11) is 0. The SMILES string of the molecule is CCNC(c1cnccc1C)C1SCCSC1C. The number of nitrogens with zero attached hydrogens (tertiary/aromatic N) is 1. The van der Waals surface area contributed by atoms with Crippen LogP contribution >= 0.6 is 23.5 Å². The molecule has 3 unspecified atom stereocenters. The van der Waals surface area contributed by atoms with Crippen LogP contribution in [0.15, 0.2) is 18.5 Å². The van der Waals surface area contributed by atoms with Crippen LogP contribution in [0.3, 0.4) is 0 Å². The third kappa shape index (κ3) is 3.22. The second kappa shape index (κ2) is 6.83. The van der Waals surface area contributed by atoms with Gasteiger partial charge in [-0.3, -0.25) is 4.98 Å². The lowest BCUT2D eigenvalue weighted by atomic mass is 9.99. The minimum atomic E-state index is 0.427. The van der Waals surface area contributed by atoms with Gasteiger partial charge in [0.1, 0.15) is 0 Å². The number of thioether (sulfide) groups is 2. The van der Waals surface area contributed by atoms with Gasteiger partial charge in [0.25, 0.3) is 0 Å². The first-order valence-corrected chi connectivity index (χ1v) is 8.71. The van der Waals surface area contributed by atoms with Crippen LogP contribution < -0.4 is 5.32 Å². The molecule has 0 bridgehead atoms. The normalized spacial score (nSPS) is 25.9. The number of rotatable bonds is 4. The van der Waals surface area contributed by atoms with Crippen LogP contribution in [0.5, 0.6) is 0 Å². The molecule has 3 atom stereocenters. The van der Waals surface area contributed by atoms with Gasteiger partial charge in [0, 0.05) is 40.4 Å². The van der Waals surface area contributed by atoms with Crippen molar-refractivity contribution in [1.29, 1.82) is 0 Å². The van der Waals surface area contributed by atoms with Crippen molar-refractivity contribution >= 4 is 23.5 Å². The highest BCUT2D eigenvalue weighted by Gasteiger charge is 2.31. The molecule has 1 aliphatic heterocycles. The molecule has 1 saturated heterocycles. The number of aromatic nitrogens is 1. The molecule has 4 heteroatoms. The lowest BCUT2D eigenvalue weighted by Gasteiger charge is -2.35. The molecule has 1 fully saturated rings. The van der Waals surface area contributed by atoms with E-state index in [-0.39, 0.29) is 0 Å². The second-order valence-electron chi connectivity index (χ2n) is 4.68. The summed E-state index contributed by atoms with van der Waals surface area (Å²) in [5, 5.41) is 5.01. The van der Waals surface area contributed by atoms with E-state index in [9.17, 15) is 0 Å². The van der Waals surface area contributed by atoms with Gasteiger partial charge in [0.05, 0.1) is 0 Å². The van der Waals surface area contributed by atoms with Gasteiger partial charge in [-0.15, -0.1) is 0 Å². The summed E-state index contributed by atoms with van der Waals surface area (Å²) in [5.74, 6) is 2.55. The van der Waals surface area contributed by atoms with E-state index in [2.05, 4.69) is 60.7 Å². The topological polar surface area (TPSA) is 24.9 Å². The van der Waals surface area contributed by atoms with Crippen molar-refractivity contribution < 1.29 is 0 Å². The monoisotopic (exact) mass is 282 g/mol. The van der Waals surface area contributed by atoms with Gasteiger partial charge < -0.3 is 5.32 Å². The molecule has 1 N–H and O–H groups in total. The number of nitrogens with one attached hydrogen (secondary N) is 1. The summed E-state index contributed by atoms with van der Waals surface area (Å²) >= 11 is 4.21. The largest absolute Gasteiger partial charge is 0.309 e. The average Bonchev–Trinajstić information content (AvgIpc) is 2.38. The molecule has 18 heavy (non-hydrogen) atoms. The first kappa shape index (κ1) is 14.2. The van der Waals surface area contributed by atoms with Gasteiger partial charge >= 0.3 is 0 Å². The van der Waals surface area contributed by atoms with Gasteiger partial charge in [-0.1, -0.05) is 13.8 Å². The van der Waals surface area contributed by atoms with Crippen molar-refractivity contribution in [2.45, 2.75) is 37.3 Å². The smallest absolute Gasteiger partial charge is 0.0469 e. The van der Waals surface area contributed by atoms with Gasteiger partial charge in [-0.25, -0.2) is 0 Å². The van der Waals surface area contributed by atoms with E-state index in [1.54, 1.807) is 0 Å². The van der Waals surface area contributed by atoms with Crippen LogP contribution in [0.1, 0.15) is 31.0 Å². The van der Waals surface area contributed by atoms with Gasteiger partial charge in [-0.05, 0) is 30.7 Å². The molecular weight excluding hydrogens is 260 g/mol. The Morgan fingerprint density at radius 1 is 1.44 bits per heavy atom. The van der Waals surface area contributed by atoms with Crippen molar-refractivity contribution in [3.8, 4) is 0 Å². The Morgan fingerprint density at radius 3 is 2.89 bits per heavy atom. The number of aryl methyl sites for hydroxylation is 1. The third-order valence-electron chi connectivity index (χ3n) is 3.40. The molecule has 0 spiro atoms. The maximum atomic E-state index is 4.31. The number of hydrogen-bond acceptors (Lipinski definition) is 4. The summed E-state index contributed by atoms with van der Waals surface area (Å²) in [6, 6.07) is 2.54. The van der Waals surface area contributed by atoms with Gasteiger partial charge in [0.15, 0.2) is 0 Å². The summed E-state index contributed by atoms with van der Waals surface area (Å²) in [6.07, 6.45) is 3.92. The Bertz CT molecular complexity index is 384. The van der Waals surface area contributed by atoms with Crippen LogP contribution in [-0.4, -0.2) is 33.5 Å². The van der Waals surface area contributed by atoms with E-state index in [1.165, 1.54) is 22.6 Å². The molecular formula is C14H22N2S2. The Hall–Kier alpha value is -0.190. The first-order valence-electron chi connectivity index (χ1n) is 6.61. The Kier molecular flexibility index (Phi) is 5.39. The van der Waals surface area contributed by atoms with E-state index in [1.807, 2.05) is 12.4 Å². The van der Waals surface area contributed by atoms with Gasteiger partial charge in [0.2, 0.25) is 0 Å². The van der Waals surface area contributed by atoms with Crippen molar-refractivity contribution in [2.24, 2.45) is 0 Å². The molecule has 0 radical (unpaired) electrons. The fourth-order valence-electron chi connectivity index (χ4n) is 2.44. The lowest BCUT2D eigenvalue weighted by Crippen LogP contribution is -2.38.